The van der Waals surface area contributed by atoms with Gasteiger partial charge in [-0.25, -0.2) is 0 Å². The van der Waals surface area contributed by atoms with Crippen LogP contribution < -0.4 is 10.6 Å². The van der Waals surface area contributed by atoms with Gasteiger partial charge in [0.25, 0.3) is 5.91 Å². The van der Waals surface area contributed by atoms with E-state index in [1.165, 1.54) is 0 Å². The number of thioether (sulfide) groups is 1. The van der Waals surface area contributed by atoms with Gasteiger partial charge in [0.05, 0.1) is 11.9 Å². The molecule has 168 valence electrons. The van der Waals surface area contributed by atoms with Crippen LogP contribution in [0.2, 0.25) is 0 Å². The number of nitrogens with zero attached hydrogens (tertiary/aromatic N) is 1. The number of Topliss-reactive ketones (excluding diaryl/α,β-unsaturated/α-hetero) is 1. The molecular formula is C25H29N3O3S. The molecule has 2 aromatic rings. The molecular weight excluding hydrogens is 422 g/mol. The maximum absolute atomic E-state index is 13.3. The summed E-state index contributed by atoms with van der Waals surface area (Å²) in [4.78, 5) is 31.4. The van der Waals surface area contributed by atoms with Crippen LogP contribution >= 0.6 is 11.8 Å². The van der Waals surface area contributed by atoms with E-state index in [9.17, 15) is 9.59 Å². The lowest BCUT2D eigenvalue weighted by Crippen LogP contribution is -2.35. The first kappa shape index (κ1) is 23.8. The average molecular weight is 452 g/mol. The fraction of sp³-hybridized carbons (Fsp3) is 0.320. The normalized spacial score (nSPS) is 17.8. The topological polar surface area (TPSA) is 91.3 Å². The molecule has 3 N–H and O–H groups in total. The molecule has 32 heavy (non-hydrogen) atoms. The number of carbonyl (C=O) groups is 2. The fourth-order valence-electron chi connectivity index (χ4n) is 4.05. The van der Waals surface area contributed by atoms with E-state index in [1.807, 2.05) is 37.4 Å². The number of aliphatic hydroxyl groups is 1. The molecule has 4 rings (SSSR count). The first-order valence-corrected chi connectivity index (χ1v) is 11.9. The van der Waals surface area contributed by atoms with Crippen molar-refractivity contribution in [2.45, 2.75) is 43.9 Å². The van der Waals surface area contributed by atoms with Crippen LogP contribution in [0.3, 0.4) is 0 Å². The molecule has 1 unspecified atom stereocenters. The molecule has 0 saturated heterocycles. The Morgan fingerprint density at radius 3 is 2.59 bits per heavy atom. The molecule has 1 atom stereocenters. The Bertz CT molecular complexity index is 1030. The summed E-state index contributed by atoms with van der Waals surface area (Å²) in [5.74, 6) is -0.463. The van der Waals surface area contributed by atoms with Crippen molar-refractivity contribution in [2.75, 3.05) is 18.2 Å². The summed E-state index contributed by atoms with van der Waals surface area (Å²) in [6, 6.07) is 11.7. The number of allylic oxidation sites excluding steroid dienone is 3. The minimum atomic E-state index is -0.369. The third-order valence-electron chi connectivity index (χ3n) is 5.39. The van der Waals surface area contributed by atoms with E-state index in [1.54, 1.807) is 43.2 Å². The number of nitrogens with one attached hydrogen (secondary N) is 2. The molecule has 2 aliphatic rings. The number of amides is 1. The Morgan fingerprint density at radius 1 is 1.25 bits per heavy atom. The van der Waals surface area contributed by atoms with Gasteiger partial charge >= 0.3 is 0 Å². The molecule has 0 fully saturated rings. The molecule has 0 saturated carbocycles. The van der Waals surface area contributed by atoms with Gasteiger partial charge in [0, 0.05) is 52.6 Å². The minimum absolute atomic E-state index is 0.122. The van der Waals surface area contributed by atoms with E-state index < -0.39 is 0 Å². The monoisotopic (exact) mass is 451 g/mol. The van der Waals surface area contributed by atoms with Crippen molar-refractivity contribution in [1.82, 2.24) is 10.3 Å². The van der Waals surface area contributed by atoms with Crippen LogP contribution in [-0.4, -0.2) is 34.6 Å². The predicted octanol–water partition coefficient (Wildman–Crippen LogP) is 4.41. The smallest absolute Gasteiger partial charge is 0.254 e. The maximum atomic E-state index is 13.3. The van der Waals surface area contributed by atoms with Crippen LogP contribution in [0.25, 0.3) is 0 Å². The molecule has 7 heteroatoms. The molecule has 1 aliphatic carbocycles. The Morgan fingerprint density at radius 2 is 1.97 bits per heavy atom. The molecule has 2 heterocycles. The zero-order valence-electron chi connectivity index (χ0n) is 18.6. The number of aromatic nitrogens is 1. The zero-order chi connectivity index (χ0) is 23.1. The highest BCUT2D eigenvalue weighted by molar-refractivity contribution is 7.98. The van der Waals surface area contributed by atoms with Crippen molar-refractivity contribution in [3.63, 3.8) is 0 Å². The third kappa shape index (κ3) is 5.29. The van der Waals surface area contributed by atoms with Crippen LogP contribution in [0.4, 0.5) is 5.69 Å². The second kappa shape index (κ2) is 11.1. The molecule has 1 aromatic carbocycles. The van der Waals surface area contributed by atoms with E-state index in [4.69, 9.17) is 5.11 Å². The Balaban J connectivity index is 0.000000913. The quantitative estimate of drug-likeness (QED) is 0.597. The number of ketones is 1. The van der Waals surface area contributed by atoms with Crippen LogP contribution in [-0.2, 0) is 9.59 Å². The number of benzene rings is 1. The summed E-state index contributed by atoms with van der Waals surface area (Å²) >= 11 is 1.67. The van der Waals surface area contributed by atoms with Gasteiger partial charge in [0.1, 0.15) is 0 Å². The second-order valence-corrected chi connectivity index (χ2v) is 8.43. The highest BCUT2D eigenvalue weighted by Gasteiger charge is 2.38. The van der Waals surface area contributed by atoms with E-state index >= 15 is 0 Å². The van der Waals surface area contributed by atoms with Crippen molar-refractivity contribution >= 4 is 29.1 Å². The minimum Gasteiger partial charge on any atom is -0.397 e. The fourth-order valence-corrected chi connectivity index (χ4v) is 4.46. The molecule has 0 radical (unpaired) electrons. The lowest BCUT2D eigenvalue weighted by atomic mass is 9.75. The first-order valence-electron chi connectivity index (χ1n) is 10.7. The molecule has 1 amide bonds. The summed E-state index contributed by atoms with van der Waals surface area (Å²) in [7, 11) is 0. The Labute approximate surface area is 193 Å². The van der Waals surface area contributed by atoms with Crippen molar-refractivity contribution in [3.05, 3.63) is 76.9 Å². The Hall–Kier alpha value is -2.90. The Kier molecular flexibility index (Phi) is 8.25. The average Bonchev–Trinajstić information content (AvgIpc) is 2.79. The highest BCUT2D eigenvalue weighted by Crippen LogP contribution is 2.42. The van der Waals surface area contributed by atoms with Gasteiger partial charge in [0.2, 0.25) is 0 Å². The lowest BCUT2D eigenvalue weighted by molar-refractivity contribution is -0.116. The second-order valence-electron chi connectivity index (χ2n) is 7.55. The van der Waals surface area contributed by atoms with Crippen LogP contribution in [0, 0.1) is 0 Å². The molecule has 0 bridgehead atoms. The molecule has 6 nitrogen and oxygen atoms in total. The van der Waals surface area contributed by atoms with E-state index in [0.717, 1.165) is 40.3 Å². The van der Waals surface area contributed by atoms with Gasteiger partial charge in [-0.15, -0.1) is 11.8 Å². The predicted molar refractivity (Wildman–Crippen MR) is 128 cm³/mol. The van der Waals surface area contributed by atoms with Gasteiger partial charge in [-0.05, 0) is 62.8 Å². The zero-order valence-corrected chi connectivity index (χ0v) is 19.5. The van der Waals surface area contributed by atoms with E-state index in [2.05, 4.69) is 15.6 Å². The number of carbonyl (C=O) groups excluding carboxylic acids is 2. The number of rotatable bonds is 4. The van der Waals surface area contributed by atoms with Crippen molar-refractivity contribution in [2.24, 2.45) is 0 Å². The number of dihydropyridines is 1. The van der Waals surface area contributed by atoms with Gasteiger partial charge in [-0.2, -0.15) is 0 Å². The van der Waals surface area contributed by atoms with Crippen LogP contribution in [0.15, 0.2) is 76.2 Å². The van der Waals surface area contributed by atoms with Gasteiger partial charge in [-0.1, -0.05) is 12.1 Å². The van der Waals surface area contributed by atoms with Crippen molar-refractivity contribution in [3.8, 4) is 0 Å². The number of hydrogen-bond acceptors (Lipinski definition) is 6. The molecule has 1 aliphatic heterocycles. The summed E-state index contributed by atoms with van der Waals surface area (Å²) in [6.45, 7) is 3.84. The van der Waals surface area contributed by atoms with Gasteiger partial charge in [-0.3, -0.25) is 14.6 Å². The van der Waals surface area contributed by atoms with Gasteiger partial charge in [0.15, 0.2) is 5.78 Å². The highest BCUT2D eigenvalue weighted by atomic mass is 32.2. The van der Waals surface area contributed by atoms with Gasteiger partial charge < -0.3 is 15.7 Å². The SMILES string of the molecule is CCO.CSc1ccc(C2C(C(=O)Nc3cccnc3)=C(C)NC3=C2C(=O)CCC3)cc1. The van der Waals surface area contributed by atoms with E-state index in [0.29, 0.717) is 17.7 Å². The number of hydrogen-bond donors (Lipinski definition) is 3. The summed E-state index contributed by atoms with van der Waals surface area (Å²) < 4.78 is 0. The largest absolute Gasteiger partial charge is 0.397 e. The third-order valence-corrected chi connectivity index (χ3v) is 6.13. The number of aliphatic hydroxyl groups excluding tert-OH is 1. The van der Waals surface area contributed by atoms with E-state index in [-0.39, 0.29) is 24.2 Å². The lowest BCUT2D eigenvalue weighted by Gasteiger charge is -2.34. The maximum Gasteiger partial charge on any atom is 0.254 e. The number of pyridine rings is 1. The first-order chi connectivity index (χ1) is 15.5. The molecule has 1 aromatic heterocycles. The standard InChI is InChI=1S/C23H23N3O2S.C2H6O/c1-14-20(23(28)26-16-5-4-12-24-13-16)21(15-8-10-17(29-2)11-9-15)22-18(25-14)6-3-7-19(22)27;1-2-3/h4-5,8-13,21,25H,3,6-7H2,1-2H3,(H,26,28);3H,2H2,1H3. The summed E-state index contributed by atoms with van der Waals surface area (Å²) in [5.41, 5.74) is 4.65. The van der Waals surface area contributed by atoms with Crippen LogP contribution in [0.5, 0.6) is 0 Å². The van der Waals surface area contributed by atoms with Crippen molar-refractivity contribution in [1.29, 1.82) is 0 Å². The molecule has 0 spiro atoms. The number of anilines is 1. The van der Waals surface area contributed by atoms with Crippen LogP contribution in [0.1, 0.15) is 44.6 Å². The van der Waals surface area contributed by atoms with Crippen molar-refractivity contribution < 1.29 is 14.7 Å². The summed E-state index contributed by atoms with van der Waals surface area (Å²) in [5, 5.41) is 13.9. The summed E-state index contributed by atoms with van der Waals surface area (Å²) in [6.07, 6.45) is 7.50.